The lowest BCUT2D eigenvalue weighted by atomic mass is 9.97. The van der Waals surface area contributed by atoms with Gasteiger partial charge in [-0.2, -0.15) is 5.26 Å². The van der Waals surface area contributed by atoms with Gasteiger partial charge < -0.3 is 5.73 Å². The van der Waals surface area contributed by atoms with Crippen LogP contribution in [0.1, 0.15) is 16.7 Å². The van der Waals surface area contributed by atoms with Gasteiger partial charge in [0.1, 0.15) is 23.3 Å². The molecule has 5 heteroatoms. The second kappa shape index (κ2) is 6.66. The van der Waals surface area contributed by atoms with E-state index in [1.54, 1.807) is 12.1 Å². The molecule has 0 saturated heterocycles. The quantitative estimate of drug-likeness (QED) is 0.632. The fourth-order valence-electron chi connectivity index (χ4n) is 2.62. The van der Waals surface area contributed by atoms with Gasteiger partial charge >= 0.3 is 0 Å². The molecular formula is C20H15BrFN3. The summed E-state index contributed by atoms with van der Waals surface area (Å²) in [6.07, 6.45) is 0. The topological polar surface area (TPSA) is 62.7 Å². The minimum atomic E-state index is -0.362. The van der Waals surface area contributed by atoms with Crippen LogP contribution in [-0.2, 0) is 0 Å². The summed E-state index contributed by atoms with van der Waals surface area (Å²) in [4.78, 5) is 4.38. The van der Waals surface area contributed by atoms with E-state index in [9.17, 15) is 9.65 Å². The van der Waals surface area contributed by atoms with Crippen LogP contribution >= 0.6 is 15.9 Å². The summed E-state index contributed by atoms with van der Waals surface area (Å²) in [6, 6.07) is 14.6. The molecular weight excluding hydrogens is 381 g/mol. The third kappa shape index (κ3) is 3.26. The zero-order valence-corrected chi connectivity index (χ0v) is 15.4. The Bertz CT molecular complexity index is 1020. The van der Waals surface area contributed by atoms with Crippen molar-refractivity contribution >= 4 is 21.7 Å². The van der Waals surface area contributed by atoms with E-state index in [0.29, 0.717) is 21.3 Å². The summed E-state index contributed by atoms with van der Waals surface area (Å²) in [5.74, 6) is -0.202. The lowest BCUT2D eigenvalue weighted by Crippen LogP contribution is -2.00. The van der Waals surface area contributed by atoms with Crippen LogP contribution in [0.3, 0.4) is 0 Å². The van der Waals surface area contributed by atoms with Crippen molar-refractivity contribution in [1.82, 2.24) is 4.98 Å². The van der Waals surface area contributed by atoms with E-state index in [4.69, 9.17) is 5.73 Å². The van der Waals surface area contributed by atoms with Crippen LogP contribution in [0.15, 0.2) is 46.9 Å². The molecule has 1 aromatic heterocycles. The van der Waals surface area contributed by atoms with Gasteiger partial charge in [-0.25, -0.2) is 9.37 Å². The summed E-state index contributed by atoms with van der Waals surface area (Å²) < 4.78 is 13.9. The number of rotatable bonds is 2. The van der Waals surface area contributed by atoms with E-state index in [2.05, 4.69) is 27.0 Å². The summed E-state index contributed by atoms with van der Waals surface area (Å²) in [5.41, 5.74) is 11.6. The van der Waals surface area contributed by atoms with Crippen molar-refractivity contribution in [3.05, 3.63) is 69.4 Å². The fraction of sp³-hybridized carbons (Fsp3) is 0.100. The van der Waals surface area contributed by atoms with Crippen LogP contribution in [0.25, 0.3) is 22.4 Å². The molecule has 0 spiro atoms. The number of nitrogen functional groups attached to an aromatic ring is 1. The molecule has 0 amide bonds. The summed E-state index contributed by atoms with van der Waals surface area (Å²) in [6.45, 7) is 4.07. The molecule has 3 aromatic rings. The van der Waals surface area contributed by atoms with Crippen LogP contribution in [0.2, 0.25) is 0 Å². The largest absolute Gasteiger partial charge is 0.383 e. The Labute approximate surface area is 154 Å². The highest BCUT2D eigenvalue weighted by molar-refractivity contribution is 9.10. The van der Waals surface area contributed by atoms with Gasteiger partial charge in [-0.15, -0.1) is 0 Å². The fourth-order valence-corrected chi connectivity index (χ4v) is 3.00. The number of nitriles is 1. The number of anilines is 1. The third-order valence-electron chi connectivity index (χ3n) is 4.19. The van der Waals surface area contributed by atoms with Crippen LogP contribution in [0.4, 0.5) is 10.2 Å². The summed E-state index contributed by atoms with van der Waals surface area (Å²) in [5, 5.41) is 9.47. The van der Waals surface area contributed by atoms with Gasteiger partial charge in [-0.05, 0) is 70.7 Å². The molecule has 25 heavy (non-hydrogen) atoms. The lowest BCUT2D eigenvalue weighted by Gasteiger charge is -2.12. The van der Waals surface area contributed by atoms with E-state index >= 15 is 0 Å². The maximum atomic E-state index is 13.6. The van der Waals surface area contributed by atoms with Crippen molar-refractivity contribution in [2.24, 2.45) is 0 Å². The number of aromatic nitrogens is 1. The van der Waals surface area contributed by atoms with Crippen LogP contribution in [-0.4, -0.2) is 4.98 Å². The molecule has 3 rings (SSSR count). The number of benzene rings is 2. The third-order valence-corrected chi connectivity index (χ3v) is 4.80. The Kier molecular flexibility index (Phi) is 4.56. The molecule has 0 aliphatic rings. The predicted molar refractivity (Wildman–Crippen MR) is 101 cm³/mol. The van der Waals surface area contributed by atoms with Crippen LogP contribution in [0.5, 0.6) is 0 Å². The first-order valence-electron chi connectivity index (χ1n) is 7.64. The maximum absolute atomic E-state index is 13.6. The van der Waals surface area contributed by atoms with Gasteiger partial charge in [-0.3, -0.25) is 0 Å². The zero-order valence-electron chi connectivity index (χ0n) is 13.8. The van der Waals surface area contributed by atoms with Gasteiger partial charge in [-0.1, -0.05) is 18.2 Å². The van der Waals surface area contributed by atoms with Crippen molar-refractivity contribution in [1.29, 1.82) is 5.26 Å². The Morgan fingerprint density at radius 3 is 2.40 bits per heavy atom. The second-order valence-corrected chi connectivity index (χ2v) is 6.71. The molecule has 0 aliphatic carbocycles. The first kappa shape index (κ1) is 17.1. The molecule has 2 aromatic carbocycles. The van der Waals surface area contributed by atoms with E-state index < -0.39 is 0 Å². The molecule has 0 unspecified atom stereocenters. The Balaban J connectivity index is 2.24. The summed E-state index contributed by atoms with van der Waals surface area (Å²) in [7, 11) is 0. The molecule has 2 N–H and O–H groups in total. The van der Waals surface area contributed by atoms with E-state index in [1.165, 1.54) is 11.6 Å². The van der Waals surface area contributed by atoms with Gasteiger partial charge in [0.05, 0.1) is 10.2 Å². The highest BCUT2D eigenvalue weighted by atomic mass is 79.9. The molecule has 0 radical (unpaired) electrons. The number of hydrogen-bond acceptors (Lipinski definition) is 3. The molecule has 1 heterocycles. The average Bonchev–Trinajstić information content (AvgIpc) is 2.59. The summed E-state index contributed by atoms with van der Waals surface area (Å²) >= 11 is 3.18. The SMILES string of the molecule is Cc1ccc(-c2cc(-c3ccc(F)c(Br)c3)c(C#N)c(N)n2)cc1C. The van der Waals surface area contributed by atoms with Crippen LogP contribution in [0, 0.1) is 31.0 Å². The van der Waals surface area contributed by atoms with E-state index in [1.807, 2.05) is 38.1 Å². The predicted octanol–water partition coefficient (Wildman–Crippen LogP) is 5.39. The molecule has 0 fully saturated rings. The van der Waals surface area contributed by atoms with E-state index in [-0.39, 0.29) is 17.2 Å². The second-order valence-electron chi connectivity index (χ2n) is 5.86. The minimum Gasteiger partial charge on any atom is -0.383 e. The average molecular weight is 396 g/mol. The van der Waals surface area contributed by atoms with Crippen molar-refractivity contribution in [3.63, 3.8) is 0 Å². The molecule has 0 atom stereocenters. The number of aryl methyl sites for hydroxylation is 2. The molecule has 0 aliphatic heterocycles. The number of halogens is 2. The molecule has 0 bridgehead atoms. The number of hydrogen-bond donors (Lipinski definition) is 1. The van der Waals surface area contributed by atoms with Gasteiger partial charge in [0.25, 0.3) is 0 Å². The molecule has 0 saturated carbocycles. The Hall–Kier alpha value is -2.71. The zero-order chi connectivity index (χ0) is 18.1. The van der Waals surface area contributed by atoms with E-state index in [0.717, 1.165) is 11.1 Å². The minimum absolute atomic E-state index is 0.161. The monoisotopic (exact) mass is 395 g/mol. The standard InChI is InChI=1S/C20H15BrFN3/c1-11-3-4-14(7-12(11)2)19-9-15(16(10-23)20(24)25-19)13-5-6-18(22)17(21)8-13/h3-9H,1-2H3,(H2,24,25). The van der Waals surface area contributed by atoms with Crippen molar-refractivity contribution in [3.8, 4) is 28.5 Å². The molecule has 3 nitrogen and oxygen atoms in total. The smallest absolute Gasteiger partial charge is 0.142 e. The first-order valence-corrected chi connectivity index (χ1v) is 8.43. The van der Waals surface area contributed by atoms with Gasteiger partial charge in [0.15, 0.2) is 0 Å². The lowest BCUT2D eigenvalue weighted by molar-refractivity contribution is 0.621. The number of nitrogens with two attached hydrogens (primary N) is 1. The van der Waals surface area contributed by atoms with Crippen molar-refractivity contribution < 1.29 is 4.39 Å². The Morgan fingerprint density at radius 1 is 1.04 bits per heavy atom. The normalized spacial score (nSPS) is 10.5. The van der Waals surface area contributed by atoms with Crippen molar-refractivity contribution in [2.75, 3.05) is 5.73 Å². The first-order chi connectivity index (χ1) is 11.9. The van der Waals surface area contributed by atoms with Crippen molar-refractivity contribution in [2.45, 2.75) is 13.8 Å². The Morgan fingerprint density at radius 2 is 1.76 bits per heavy atom. The van der Waals surface area contributed by atoms with Gasteiger partial charge in [0.2, 0.25) is 0 Å². The van der Waals surface area contributed by atoms with Gasteiger partial charge in [0, 0.05) is 11.1 Å². The van der Waals surface area contributed by atoms with Crippen LogP contribution < -0.4 is 5.73 Å². The number of pyridine rings is 1. The highest BCUT2D eigenvalue weighted by Crippen LogP contribution is 2.33. The highest BCUT2D eigenvalue weighted by Gasteiger charge is 2.15. The number of nitrogens with zero attached hydrogens (tertiary/aromatic N) is 2. The maximum Gasteiger partial charge on any atom is 0.142 e. The molecule has 124 valence electrons.